The Kier molecular flexibility index (Phi) is 3.71. The van der Waals surface area contributed by atoms with Gasteiger partial charge in [-0.05, 0) is 44.6 Å². The summed E-state index contributed by atoms with van der Waals surface area (Å²) in [5, 5.41) is 3.76. The summed E-state index contributed by atoms with van der Waals surface area (Å²) in [5.74, 6) is 0. The molecule has 104 valence electrons. The van der Waals surface area contributed by atoms with Gasteiger partial charge in [0.15, 0.2) is 0 Å². The molecule has 1 fully saturated rings. The molecule has 1 aromatic rings. The first-order valence-electron chi connectivity index (χ1n) is 7.32. The number of aryl methyl sites for hydroxylation is 1. The maximum Gasteiger partial charge on any atom is 0.248 e. The number of ether oxygens (including phenoxy) is 1. The van der Waals surface area contributed by atoms with E-state index in [1.807, 2.05) is 6.07 Å². The minimum Gasteiger partial charge on any atom is -0.378 e. The minimum absolute atomic E-state index is 0.0130. The van der Waals surface area contributed by atoms with Crippen LogP contribution in [0.4, 0.5) is 0 Å². The number of nitrogens with one attached hydrogen (secondary N) is 2. The van der Waals surface area contributed by atoms with E-state index in [0.29, 0.717) is 18.2 Å². The van der Waals surface area contributed by atoms with Crippen LogP contribution in [0.25, 0.3) is 0 Å². The molecule has 0 spiro atoms. The molecule has 2 N–H and O–H groups in total. The predicted molar refractivity (Wildman–Crippen MR) is 74.3 cm³/mol. The number of pyridine rings is 1. The van der Waals surface area contributed by atoms with Crippen LogP contribution in [0.15, 0.2) is 16.9 Å². The van der Waals surface area contributed by atoms with Crippen molar-refractivity contribution in [3.05, 3.63) is 33.7 Å². The molecule has 3 unspecified atom stereocenters. The molecule has 0 aromatic carbocycles. The predicted octanol–water partition coefficient (Wildman–Crippen LogP) is 1.91. The smallest absolute Gasteiger partial charge is 0.248 e. The lowest BCUT2D eigenvalue weighted by Crippen LogP contribution is -2.41. The van der Waals surface area contributed by atoms with Crippen molar-refractivity contribution in [2.24, 2.45) is 0 Å². The fourth-order valence-electron chi connectivity index (χ4n) is 3.31. The standard InChI is InChI=1S/C15H22N2O2/c1-10-9-11(7-8-19-10)16-13-3-2-4-14-12(13)5-6-15(18)17-14/h5-6,10-11,13,16H,2-4,7-9H2,1H3,(H,17,18). The Hall–Kier alpha value is -1.13. The van der Waals surface area contributed by atoms with E-state index in [2.05, 4.69) is 17.2 Å². The van der Waals surface area contributed by atoms with Crippen LogP contribution in [0.2, 0.25) is 0 Å². The molecular formula is C15H22N2O2. The van der Waals surface area contributed by atoms with Crippen molar-refractivity contribution >= 4 is 0 Å². The van der Waals surface area contributed by atoms with Crippen molar-refractivity contribution in [1.82, 2.24) is 10.3 Å². The molecule has 19 heavy (non-hydrogen) atoms. The summed E-state index contributed by atoms with van der Waals surface area (Å²) in [6.45, 7) is 2.99. The number of rotatable bonds is 2. The van der Waals surface area contributed by atoms with Crippen LogP contribution >= 0.6 is 0 Å². The maximum absolute atomic E-state index is 11.4. The van der Waals surface area contributed by atoms with E-state index in [-0.39, 0.29) is 5.56 Å². The average Bonchev–Trinajstić information content (AvgIpc) is 2.38. The molecule has 1 aromatic heterocycles. The summed E-state index contributed by atoms with van der Waals surface area (Å²) in [4.78, 5) is 14.4. The van der Waals surface area contributed by atoms with Gasteiger partial charge in [-0.1, -0.05) is 6.07 Å². The summed E-state index contributed by atoms with van der Waals surface area (Å²) in [7, 11) is 0. The minimum atomic E-state index is 0.0130. The van der Waals surface area contributed by atoms with Crippen LogP contribution in [0.5, 0.6) is 0 Å². The summed E-state index contributed by atoms with van der Waals surface area (Å²) in [5.41, 5.74) is 2.42. The molecule has 0 amide bonds. The van der Waals surface area contributed by atoms with Crippen molar-refractivity contribution in [2.45, 2.75) is 57.2 Å². The molecule has 3 atom stereocenters. The molecule has 2 aliphatic rings. The molecule has 3 rings (SSSR count). The van der Waals surface area contributed by atoms with Crippen LogP contribution < -0.4 is 10.9 Å². The van der Waals surface area contributed by atoms with Gasteiger partial charge in [-0.2, -0.15) is 0 Å². The molecule has 0 saturated carbocycles. The van der Waals surface area contributed by atoms with Crippen LogP contribution in [0.1, 0.15) is 49.9 Å². The number of aromatic nitrogens is 1. The number of hydrogen-bond acceptors (Lipinski definition) is 3. The first kappa shape index (κ1) is 12.9. The summed E-state index contributed by atoms with van der Waals surface area (Å²) in [6, 6.07) is 4.56. The van der Waals surface area contributed by atoms with E-state index < -0.39 is 0 Å². The molecular weight excluding hydrogens is 240 g/mol. The Balaban J connectivity index is 1.74. The van der Waals surface area contributed by atoms with Gasteiger partial charge in [0.2, 0.25) is 5.56 Å². The number of H-pyrrole nitrogens is 1. The highest BCUT2D eigenvalue weighted by Crippen LogP contribution is 2.29. The van der Waals surface area contributed by atoms with Crippen LogP contribution in [-0.2, 0) is 11.2 Å². The largest absolute Gasteiger partial charge is 0.378 e. The first-order valence-corrected chi connectivity index (χ1v) is 7.32. The summed E-state index contributed by atoms with van der Waals surface area (Å²) in [6.07, 6.45) is 5.81. The van der Waals surface area contributed by atoms with Gasteiger partial charge in [-0.15, -0.1) is 0 Å². The zero-order chi connectivity index (χ0) is 13.2. The van der Waals surface area contributed by atoms with Crippen LogP contribution in [0.3, 0.4) is 0 Å². The van der Waals surface area contributed by atoms with E-state index in [4.69, 9.17) is 4.74 Å². The van der Waals surface area contributed by atoms with Crippen LogP contribution in [0, 0.1) is 0 Å². The number of aromatic amines is 1. The van der Waals surface area contributed by atoms with Gasteiger partial charge in [-0.25, -0.2) is 0 Å². The molecule has 0 bridgehead atoms. The van der Waals surface area contributed by atoms with E-state index in [9.17, 15) is 4.79 Å². The Labute approximate surface area is 113 Å². The van der Waals surface area contributed by atoms with Crippen molar-refractivity contribution in [2.75, 3.05) is 6.61 Å². The molecule has 2 heterocycles. The normalized spacial score (nSPS) is 30.9. The van der Waals surface area contributed by atoms with Gasteiger partial charge < -0.3 is 15.0 Å². The van der Waals surface area contributed by atoms with E-state index in [1.165, 1.54) is 5.56 Å². The molecule has 4 nitrogen and oxygen atoms in total. The molecule has 1 aliphatic carbocycles. The number of fused-ring (bicyclic) bond motifs is 1. The quantitative estimate of drug-likeness (QED) is 0.856. The maximum atomic E-state index is 11.4. The SMILES string of the molecule is CC1CC(NC2CCCc3[nH]c(=O)ccc32)CCO1. The average molecular weight is 262 g/mol. The van der Waals surface area contributed by atoms with E-state index in [1.54, 1.807) is 6.07 Å². The van der Waals surface area contributed by atoms with Gasteiger partial charge in [-0.3, -0.25) is 4.79 Å². The third-order valence-electron chi connectivity index (χ3n) is 4.25. The molecule has 4 heteroatoms. The zero-order valence-electron chi connectivity index (χ0n) is 11.4. The highest BCUT2D eigenvalue weighted by molar-refractivity contribution is 5.26. The van der Waals surface area contributed by atoms with Crippen molar-refractivity contribution in [1.29, 1.82) is 0 Å². The Morgan fingerprint density at radius 1 is 1.37 bits per heavy atom. The van der Waals surface area contributed by atoms with Gasteiger partial charge in [0.05, 0.1) is 6.10 Å². The first-order chi connectivity index (χ1) is 9.22. The van der Waals surface area contributed by atoms with Gasteiger partial charge in [0, 0.05) is 30.5 Å². The summed E-state index contributed by atoms with van der Waals surface area (Å²) < 4.78 is 5.59. The molecule has 0 radical (unpaired) electrons. The fraction of sp³-hybridized carbons (Fsp3) is 0.667. The Morgan fingerprint density at radius 3 is 3.11 bits per heavy atom. The number of hydrogen-bond donors (Lipinski definition) is 2. The third kappa shape index (κ3) is 2.90. The van der Waals surface area contributed by atoms with E-state index >= 15 is 0 Å². The van der Waals surface area contributed by atoms with E-state index in [0.717, 1.165) is 44.4 Å². The fourth-order valence-corrected chi connectivity index (χ4v) is 3.31. The Bertz CT molecular complexity index is 497. The highest BCUT2D eigenvalue weighted by atomic mass is 16.5. The lowest BCUT2D eigenvalue weighted by atomic mass is 9.90. The monoisotopic (exact) mass is 262 g/mol. The topological polar surface area (TPSA) is 54.1 Å². The van der Waals surface area contributed by atoms with Crippen molar-refractivity contribution < 1.29 is 4.74 Å². The lowest BCUT2D eigenvalue weighted by molar-refractivity contribution is 0.0108. The van der Waals surface area contributed by atoms with Crippen LogP contribution in [-0.4, -0.2) is 23.7 Å². The molecule has 1 aliphatic heterocycles. The van der Waals surface area contributed by atoms with Gasteiger partial charge in [0.1, 0.15) is 0 Å². The third-order valence-corrected chi connectivity index (χ3v) is 4.25. The second-order valence-corrected chi connectivity index (χ2v) is 5.77. The Morgan fingerprint density at radius 2 is 2.26 bits per heavy atom. The van der Waals surface area contributed by atoms with Crippen molar-refractivity contribution in [3.63, 3.8) is 0 Å². The second-order valence-electron chi connectivity index (χ2n) is 5.77. The van der Waals surface area contributed by atoms with Gasteiger partial charge in [0.25, 0.3) is 0 Å². The second kappa shape index (κ2) is 5.47. The van der Waals surface area contributed by atoms with Gasteiger partial charge >= 0.3 is 0 Å². The van der Waals surface area contributed by atoms with Crippen molar-refractivity contribution in [3.8, 4) is 0 Å². The highest BCUT2D eigenvalue weighted by Gasteiger charge is 2.26. The summed E-state index contributed by atoms with van der Waals surface area (Å²) >= 11 is 0. The lowest BCUT2D eigenvalue weighted by Gasteiger charge is -2.34. The molecule has 1 saturated heterocycles. The zero-order valence-corrected chi connectivity index (χ0v) is 11.4.